The van der Waals surface area contributed by atoms with Crippen molar-refractivity contribution < 1.29 is 29.3 Å². The summed E-state index contributed by atoms with van der Waals surface area (Å²) in [5.74, 6) is -3.38. The van der Waals surface area contributed by atoms with Crippen molar-refractivity contribution in [1.29, 1.82) is 0 Å². The Morgan fingerprint density at radius 1 is 1.29 bits per heavy atom. The first-order valence-electron chi connectivity index (χ1n) is 10.4. The second-order valence-corrected chi connectivity index (χ2v) is 6.55. The van der Waals surface area contributed by atoms with Gasteiger partial charge in [0.1, 0.15) is 0 Å². The van der Waals surface area contributed by atoms with Crippen molar-refractivity contribution in [2.45, 2.75) is 66.0 Å². The second-order valence-electron chi connectivity index (χ2n) is 6.55. The Balaban J connectivity index is 2.59. The molecule has 1 heterocycles. The lowest BCUT2D eigenvalue weighted by atomic mass is 9.90. The van der Waals surface area contributed by atoms with Gasteiger partial charge in [0.15, 0.2) is 18.0 Å². The number of nitrogens with one attached hydrogen (secondary N) is 1. The number of esters is 1. The van der Waals surface area contributed by atoms with E-state index in [2.05, 4.69) is 5.32 Å². The van der Waals surface area contributed by atoms with Gasteiger partial charge < -0.3 is 14.8 Å². The summed E-state index contributed by atoms with van der Waals surface area (Å²) >= 11 is 0. The normalized spacial score (nSPS) is 26.2. The fraction of sp³-hybridized carbons (Fsp3) is 0.833. The van der Waals surface area contributed by atoms with Crippen LogP contribution in [0.25, 0.3) is 0 Å². The van der Waals surface area contributed by atoms with Gasteiger partial charge in [-0.15, -0.1) is 0 Å². The Morgan fingerprint density at radius 2 is 2.00 bits per heavy atom. The van der Waals surface area contributed by atoms with Crippen LogP contribution in [0.15, 0.2) is 0 Å². The first kappa shape index (κ1) is 14.9. The van der Waals surface area contributed by atoms with E-state index in [-0.39, 0.29) is 43.6 Å². The number of epoxide rings is 1. The zero-order valence-electron chi connectivity index (χ0n) is 18.9. The van der Waals surface area contributed by atoms with Crippen LogP contribution in [0.4, 0.5) is 0 Å². The van der Waals surface area contributed by atoms with Crippen LogP contribution in [-0.2, 0) is 23.9 Å². The summed E-state index contributed by atoms with van der Waals surface area (Å²) < 4.78 is 39.9. The third-order valence-corrected chi connectivity index (χ3v) is 3.70. The molecule has 24 heavy (non-hydrogen) atoms. The van der Waals surface area contributed by atoms with Gasteiger partial charge in [-0.05, 0) is 31.6 Å². The van der Waals surface area contributed by atoms with E-state index in [0.717, 1.165) is 0 Å². The quantitative estimate of drug-likeness (QED) is 0.458. The van der Waals surface area contributed by atoms with Crippen molar-refractivity contribution in [3.63, 3.8) is 0 Å². The standard InChI is InChI=1S/C18H31NO5/c1-6-23-18(22)16-15(24-16)14(20)10-13(9-12(4)5)17(21)19-8-7-11(2)3/h11-13,15-16H,6-10H2,1-5H3,(H,19,21)/t13-,15-,16+/m1/s1/i2D3,11D/t11?,13-,15-,16+. The zero-order chi connectivity index (χ0) is 21.7. The van der Waals surface area contributed by atoms with Crippen molar-refractivity contribution in [2.24, 2.45) is 17.7 Å². The number of amides is 1. The molecular formula is C18H31NO5. The number of hydrogen-bond acceptors (Lipinski definition) is 5. The number of carbonyl (C=O) groups excluding carboxylic acids is 3. The number of hydrogen-bond donors (Lipinski definition) is 1. The molecule has 1 aliphatic rings. The Morgan fingerprint density at radius 3 is 2.58 bits per heavy atom. The highest BCUT2D eigenvalue weighted by Gasteiger charge is 2.51. The van der Waals surface area contributed by atoms with E-state index in [9.17, 15) is 14.4 Å². The summed E-state index contributed by atoms with van der Waals surface area (Å²) in [6.45, 7) is 4.60. The molecule has 1 aliphatic heterocycles. The lowest BCUT2D eigenvalue weighted by Gasteiger charge is -2.18. The summed E-state index contributed by atoms with van der Waals surface area (Å²) in [4.78, 5) is 36.5. The molecular weight excluding hydrogens is 310 g/mol. The minimum atomic E-state index is -2.45. The molecule has 1 rings (SSSR count). The maximum absolute atomic E-state index is 12.5. The molecule has 0 radical (unpaired) electrons. The van der Waals surface area contributed by atoms with Gasteiger partial charge in [0, 0.05) is 24.4 Å². The van der Waals surface area contributed by atoms with Gasteiger partial charge >= 0.3 is 5.97 Å². The van der Waals surface area contributed by atoms with Gasteiger partial charge in [0.2, 0.25) is 5.91 Å². The van der Waals surface area contributed by atoms with Gasteiger partial charge in [-0.1, -0.05) is 27.6 Å². The number of Topliss-reactive ketones (excluding diaryl/α,β-unsaturated/α-hetero) is 1. The predicted molar refractivity (Wildman–Crippen MR) is 90.3 cm³/mol. The molecule has 4 atom stereocenters. The third kappa shape index (κ3) is 6.99. The summed E-state index contributed by atoms with van der Waals surface area (Å²) in [6.07, 6.45) is -1.39. The molecule has 1 unspecified atom stereocenters. The molecule has 0 saturated carbocycles. The van der Waals surface area contributed by atoms with Crippen molar-refractivity contribution in [2.75, 3.05) is 13.2 Å². The summed E-state index contributed by atoms with van der Waals surface area (Å²) in [5, 5.41) is 2.64. The molecule has 0 aromatic heterocycles. The number of carbonyl (C=O) groups is 3. The van der Waals surface area contributed by atoms with Crippen LogP contribution in [0.2, 0.25) is 0 Å². The largest absolute Gasteiger partial charge is 0.464 e. The van der Waals surface area contributed by atoms with Gasteiger partial charge in [-0.2, -0.15) is 0 Å². The molecule has 1 saturated heterocycles. The summed E-state index contributed by atoms with van der Waals surface area (Å²) in [6, 6.07) is 0. The molecule has 0 spiro atoms. The topological polar surface area (TPSA) is 85.0 Å². The fourth-order valence-corrected chi connectivity index (χ4v) is 2.49. The minimum Gasteiger partial charge on any atom is -0.464 e. The first-order chi connectivity index (χ1) is 12.8. The summed E-state index contributed by atoms with van der Waals surface area (Å²) in [7, 11) is 0. The van der Waals surface area contributed by atoms with E-state index >= 15 is 0 Å². The van der Waals surface area contributed by atoms with Crippen molar-refractivity contribution >= 4 is 17.7 Å². The average molecular weight is 345 g/mol. The van der Waals surface area contributed by atoms with Crippen molar-refractivity contribution in [1.82, 2.24) is 5.32 Å². The fourth-order valence-electron chi connectivity index (χ4n) is 2.49. The van der Waals surface area contributed by atoms with Crippen LogP contribution in [0.3, 0.4) is 0 Å². The lowest BCUT2D eigenvalue weighted by molar-refractivity contribution is -0.144. The Hall–Kier alpha value is -1.43. The molecule has 0 aromatic rings. The van der Waals surface area contributed by atoms with Gasteiger partial charge in [0.25, 0.3) is 0 Å². The molecule has 138 valence electrons. The molecule has 6 nitrogen and oxygen atoms in total. The summed E-state index contributed by atoms with van der Waals surface area (Å²) in [5.41, 5.74) is 0. The van der Waals surface area contributed by atoms with Crippen LogP contribution < -0.4 is 5.32 Å². The van der Waals surface area contributed by atoms with E-state index in [1.165, 1.54) is 6.92 Å². The highest BCUT2D eigenvalue weighted by molar-refractivity contribution is 5.96. The van der Waals surface area contributed by atoms with E-state index in [0.29, 0.717) is 6.42 Å². The van der Waals surface area contributed by atoms with Crippen LogP contribution in [0.5, 0.6) is 0 Å². The molecule has 0 aromatic carbocycles. The molecule has 1 amide bonds. The van der Waals surface area contributed by atoms with E-state index in [1.807, 2.05) is 13.8 Å². The van der Waals surface area contributed by atoms with E-state index in [1.54, 1.807) is 6.92 Å². The maximum Gasteiger partial charge on any atom is 0.338 e. The van der Waals surface area contributed by atoms with Gasteiger partial charge in [-0.25, -0.2) is 4.79 Å². The predicted octanol–water partition coefficient (Wildman–Crippen LogP) is 2.10. The Bertz CT molecular complexity index is 577. The van der Waals surface area contributed by atoms with E-state index in [4.69, 9.17) is 15.0 Å². The first-order valence-corrected chi connectivity index (χ1v) is 8.42. The highest BCUT2D eigenvalue weighted by Crippen LogP contribution is 2.28. The maximum atomic E-state index is 12.5. The zero-order valence-corrected chi connectivity index (χ0v) is 14.9. The lowest BCUT2D eigenvalue weighted by Crippen LogP contribution is -2.35. The number of ether oxygens (including phenoxy) is 2. The molecule has 1 fully saturated rings. The van der Waals surface area contributed by atoms with Crippen molar-refractivity contribution in [3.8, 4) is 0 Å². The van der Waals surface area contributed by atoms with Crippen LogP contribution >= 0.6 is 0 Å². The smallest absolute Gasteiger partial charge is 0.338 e. The molecule has 1 N–H and O–H groups in total. The Labute approximate surface area is 150 Å². The molecule has 6 heteroatoms. The van der Waals surface area contributed by atoms with Gasteiger partial charge in [-0.3, -0.25) is 9.59 Å². The molecule has 0 aliphatic carbocycles. The second kappa shape index (κ2) is 9.77. The van der Waals surface area contributed by atoms with Crippen LogP contribution in [0, 0.1) is 17.7 Å². The number of rotatable bonds is 11. The average Bonchev–Trinajstić information content (AvgIpc) is 3.33. The van der Waals surface area contributed by atoms with E-state index < -0.39 is 36.8 Å². The monoisotopic (exact) mass is 345 g/mol. The minimum absolute atomic E-state index is 0.0331. The number of ketones is 1. The third-order valence-electron chi connectivity index (χ3n) is 3.70. The van der Waals surface area contributed by atoms with Crippen LogP contribution in [0.1, 0.15) is 59.3 Å². The SMILES string of the molecule is [2H]C([2H])([2H])C([2H])(C)CCNC(=O)[C@@H](CC(=O)[C@H]1O[C@@H]1C(=O)OCC)CC(C)C. The van der Waals surface area contributed by atoms with Crippen molar-refractivity contribution in [3.05, 3.63) is 0 Å². The Kier molecular flexibility index (Phi) is 6.05. The van der Waals surface area contributed by atoms with Crippen LogP contribution in [-0.4, -0.2) is 43.0 Å². The van der Waals surface area contributed by atoms with Gasteiger partial charge in [0.05, 0.1) is 6.61 Å². The highest BCUT2D eigenvalue weighted by atomic mass is 16.6. The molecule has 0 bridgehead atoms.